The molecule has 31 heavy (non-hydrogen) atoms. The second-order valence-electron chi connectivity index (χ2n) is 7.59. The van der Waals surface area contributed by atoms with Gasteiger partial charge in [-0.2, -0.15) is 0 Å². The first-order valence-electron chi connectivity index (χ1n) is 10.4. The van der Waals surface area contributed by atoms with Gasteiger partial charge in [-0.15, -0.1) is 0 Å². The van der Waals surface area contributed by atoms with Crippen LogP contribution < -0.4 is 4.74 Å². The first-order chi connectivity index (χ1) is 15.4. The Hall–Kier alpha value is -4.17. The van der Waals surface area contributed by atoms with Crippen molar-refractivity contribution >= 4 is 32.4 Å². The van der Waals surface area contributed by atoms with Crippen molar-refractivity contribution in [2.75, 3.05) is 0 Å². The molecule has 0 spiro atoms. The summed E-state index contributed by atoms with van der Waals surface area (Å²) in [6.07, 6.45) is 1.85. The minimum atomic E-state index is 0.842. The van der Waals surface area contributed by atoms with Gasteiger partial charge in [-0.05, 0) is 34.5 Å². The average Bonchev–Trinajstić information content (AvgIpc) is 2.85. The fourth-order valence-electron chi connectivity index (χ4n) is 4.36. The Kier molecular flexibility index (Phi) is 4.14. The zero-order valence-corrected chi connectivity index (χ0v) is 16.8. The van der Waals surface area contributed by atoms with E-state index in [1.165, 1.54) is 0 Å². The molecular weight excluding hydrogens is 378 g/mol. The van der Waals surface area contributed by atoms with Gasteiger partial charge in [0.1, 0.15) is 11.5 Å². The minimum absolute atomic E-state index is 0.842. The highest BCUT2D eigenvalue weighted by Crippen LogP contribution is 2.44. The molecule has 0 atom stereocenters. The van der Waals surface area contributed by atoms with Crippen molar-refractivity contribution in [1.29, 1.82) is 0 Å². The highest BCUT2D eigenvalue weighted by atomic mass is 16.5. The summed E-state index contributed by atoms with van der Waals surface area (Å²) >= 11 is 0. The Labute approximate surface area is 180 Å². The summed E-state index contributed by atoms with van der Waals surface area (Å²) in [4.78, 5) is 4.79. The van der Waals surface area contributed by atoms with Gasteiger partial charge in [0, 0.05) is 27.9 Å². The third kappa shape index (κ3) is 2.92. The van der Waals surface area contributed by atoms with Crippen molar-refractivity contribution in [3.05, 3.63) is 115 Å². The van der Waals surface area contributed by atoms with E-state index in [9.17, 15) is 0 Å². The summed E-state index contributed by atoms with van der Waals surface area (Å²) < 4.78 is 6.67. The lowest BCUT2D eigenvalue weighted by molar-refractivity contribution is 0.499. The normalized spacial score (nSPS) is 11.2. The summed E-state index contributed by atoms with van der Waals surface area (Å²) in [5.41, 5.74) is 3.24. The van der Waals surface area contributed by atoms with Crippen LogP contribution in [0.1, 0.15) is 0 Å². The number of benzene rings is 5. The molecule has 1 heterocycles. The van der Waals surface area contributed by atoms with Gasteiger partial charge >= 0.3 is 0 Å². The summed E-state index contributed by atoms with van der Waals surface area (Å²) in [6, 6.07) is 37.5. The second kappa shape index (κ2) is 7.26. The molecule has 6 aromatic rings. The monoisotopic (exact) mass is 397 g/mol. The Morgan fingerprint density at radius 2 is 1.19 bits per heavy atom. The van der Waals surface area contributed by atoms with Gasteiger partial charge in [0.25, 0.3) is 0 Å². The standard InChI is InChI=1S/C29H19NO/c1-2-11-21(12-3-1)27-23-15-6-7-16-24(23)29(25-17-9-19-30-28(25)27)31-26-18-8-13-20-10-4-5-14-22(20)26/h1-19H. The molecule has 2 heteroatoms. The van der Waals surface area contributed by atoms with E-state index in [-0.39, 0.29) is 0 Å². The largest absolute Gasteiger partial charge is 0.455 e. The average molecular weight is 397 g/mol. The Balaban J connectivity index is 1.69. The zero-order chi connectivity index (χ0) is 20.6. The van der Waals surface area contributed by atoms with Gasteiger partial charge in [0.2, 0.25) is 0 Å². The summed E-state index contributed by atoms with van der Waals surface area (Å²) in [7, 11) is 0. The zero-order valence-electron chi connectivity index (χ0n) is 16.8. The fraction of sp³-hybridized carbons (Fsp3) is 0. The van der Waals surface area contributed by atoms with Gasteiger partial charge < -0.3 is 4.74 Å². The molecular formula is C29H19NO. The van der Waals surface area contributed by atoms with Crippen LogP contribution in [-0.2, 0) is 0 Å². The molecule has 1 aromatic heterocycles. The number of hydrogen-bond acceptors (Lipinski definition) is 2. The number of aromatic nitrogens is 1. The van der Waals surface area contributed by atoms with Gasteiger partial charge in [0.05, 0.1) is 5.52 Å². The molecule has 2 nitrogen and oxygen atoms in total. The van der Waals surface area contributed by atoms with E-state index >= 15 is 0 Å². The van der Waals surface area contributed by atoms with Crippen molar-refractivity contribution < 1.29 is 4.74 Å². The van der Waals surface area contributed by atoms with E-state index in [0.717, 1.165) is 55.1 Å². The molecule has 146 valence electrons. The van der Waals surface area contributed by atoms with Gasteiger partial charge in [0.15, 0.2) is 0 Å². The van der Waals surface area contributed by atoms with E-state index in [0.29, 0.717) is 0 Å². The van der Waals surface area contributed by atoms with Crippen LogP contribution in [-0.4, -0.2) is 4.98 Å². The topological polar surface area (TPSA) is 22.1 Å². The second-order valence-corrected chi connectivity index (χ2v) is 7.59. The quantitative estimate of drug-likeness (QED) is 0.282. The molecule has 0 saturated heterocycles. The van der Waals surface area contributed by atoms with Crippen LogP contribution in [0.2, 0.25) is 0 Å². The highest BCUT2D eigenvalue weighted by Gasteiger charge is 2.18. The van der Waals surface area contributed by atoms with Gasteiger partial charge in [-0.3, -0.25) is 4.98 Å². The van der Waals surface area contributed by atoms with E-state index in [1.807, 2.05) is 36.5 Å². The highest BCUT2D eigenvalue weighted by molar-refractivity contribution is 6.15. The van der Waals surface area contributed by atoms with E-state index < -0.39 is 0 Å². The molecule has 0 N–H and O–H groups in total. The lowest BCUT2D eigenvalue weighted by Gasteiger charge is -2.17. The molecule has 0 fully saturated rings. The van der Waals surface area contributed by atoms with Crippen molar-refractivity contribution in [2.45, 2.75) is 0 Å². The Bertz CT molecular complexity index is 1490. The van der Waals surface area contributed by atoms with E-state index in [4.69, 9.17) is 9.72 Å². The molecule has 6 rings (SSSR count). The first kappa shape index (κ1) is 17.7. The van der Waals surface area contributed by atoms with E-state index in [1.54, 1.807) is 0 Å². The van der Waals surface area contributed by atoms with Crippen LogP contribution in [0.25, 0.3) is 43.6 Å². The number of nitrogens with zero attached hydrogens (tertiary/aromatic N) is 1. The molecule has 0 aliphatic rings. The number of hydrogen-bond donors (Lipinski definition) is 0. The summed E-state index contributed by atoms with van der Waals surface area (Å²) in [5, 5.41) is 5.48. The molecule has 0 unspecified atom stereocenters. The third-order valence-corrected chi connectivity index (χ3v) is 5.75. The number of ether oxygens (including phenoxy) is 1. The maximum Gasteiger partial charge on any atom is 0.144 e. The van der Waals surface area contributed by atoms with Crippen LogP contribution >= 0.6 is 0 Å². The summed E-state index contributed by atoms with van der Waals surface area (Å²) in [5.74, 6) is 1.69. The Morgan fingerprint density at radius 1 is 0.516 bits per heavy atom. The molecule has 5 aromatic carbocycles. The maximum absolute atomic E-state index is 6.67. The molecule has 0 amide bonds. The lowest BCUT2D eigenvalue weighted by atomic mass is 9.94. The van der Waals surface area contributed by atoms with Crippen LogP contribution in [0.3, 0.4) is 0 Å². The lowest BCUT2D eigenvalue weighted by Crippen LogP contribution is -1.94. The van der Waals surface area contributed by atoms with E-state index in [2.05, 4.69) is 78.9 Å². The SMILES string of the molecule is c1ccc(-c2c3ccccc3c(Oc3cccc4ccccc34)c3cccnc23)cc1. The van der Waals surface area contributed by atoms with Crippen molar-refractivity contribution in [3.63, 3.8) is 0 Å². The fourth-order valence-corrected chi connectivity index (χ4v) is 4.36. The molecule has 0 bridgehead atoms. The van der Waals surface area contributed by atoms with Gasteiger partial charge in [-0.1, -0.05) is 91.0 Å². The van der Waals surface area contributed by atoms with Gasteiger partial charge in [-0.25, -0.2) is 0 Å². The molecule has 0 aliphatic heterocycles. The number of rotatable bonds is 3. The minimum Gasteiger partial charge on any atom is -0.455 e. The molecule has 0 radical (unpaired) electrons. The first-order valence-corrected chi connectivity index (χ1v) is 10.4. The van der Waals surface area contributed by atoms with Crippen LogP contribution in [0.4, 0.5) is 0 Å². The number of fused-ring (bicyclic) bond motifs is 3. The van der Waals surface area contributed by atoms with Crippen LogP contribution in [0.15, 0.2) is 115 Å². The van der Waals surface area contributed by atoms with Crippen molar-refractivity contribution in [2.24, 2.45) is 0 Å². The van der Waals surface area contributed by atoms with Crippen molar-refractivity contribution in [3.8, 4) is 22.6 Å². The van der Waals surface area contributed by atoms with Crippen LogP contribution in [0, 0.1) is 0 Å². The number of pyridine rings is 1. The predicted molar refractivity (Wildman–Crippen MR) is 129 cm³/mol. The van der Waals surface area contributed by atoms with Crippen molar-refractivity contribution in [1.82, 2.24) is 4.98 Å². The van der Waals surface area contributed by atoms with Crippen LogP contribution in [0.5, 0.6) is 11.5 Å². The summed E-state index contributed by atoms with van der Waals surface area (Å²) in [6.45, 7) is 0. The Morgan fingerprint density at radius 3 is 2.06 bits per heavy atom. The molecule has 0 aliphatic carbocycles. The molecule has 0 saturated carbocycles. The maximum atomic E-state index is 6.67. The smallest absolute Gasteiger partial charge is 0.144 e. The predicted octanol–water partition coefficient (Wildman–Crippen LogP) is 8.00. The third-order valence-electron chi connectivity index (χ3n) is 5.75.